The van der Waals surface area contributed by atoms with E-state index in [1.54, 1.807) is 25.3 Å². The lowest BCUT2D eigenvalue weighted by atomic mass is 10.1. The zero-order valence-electron chi connectivity index (χ0n) is 11.3. The van der Waals surface area contributed by atoms with Crippen molar-refractivity contribution < 1.29 is 9.66 Å². The van der Waals surface area contributed by atoms with Crippen LogP contribution in [0.15, 0.2) is 30.5 Å². The maximum atomic E-state index is 11.1. The van der Waals surface area contributed by atoms with Gasteiger partial charge in [0.2, 0.25) is 0 Å². The molecule has 0 aliphatic heterocycles. The number of nitro groups is 1. The fourth-order valence-corrected chi connectivity index (χ4v) is 1.98. The lowest BCUT2D eigenvalue weighted by Crippen LogP contribution is -2.03. The van der Waals surface area contributed by atoms with Crippen LogP contribution in [0, 0.1) is 24.0 Å². The van der Waals surface area contributed by atoms with Crippen LogP contribution in [0.5, 0.6) is 5.75 Å². The highest BCUT2D eigenvalue weighted by atomic mass is 16.6. The lowest BCUT2D eigenvalue weighted by Gasteiger charge is -2.10. The fourth-order valence-electron chi connectivity index (χ4n) is 1.98. The Labute approximate surface area is 116 Å². The van der Waals surface area contributed by atoms with Crippen molar-refractivity contribution in [1.29, 1.82) is 0 Å². The largest absolute Gasteiger partial charge is 0.480 e. The molecule has 0 unspecified atom stereocenters. The minimum atomic E-state index is -0.442. The highest BCUT2D eigenvalue weighted by Crippen LogP contribution is 2.32. The predicted molar refractivity (Wildman–Crippen MR) is 75.6 cm³/mol. The van der Waals surface area contributed by atoms with Gasteiger partial charge in [-0.15, -0.1) is 0 Å². The molecular formula is C14H15N3O3. The lowest BCUT2D eigenvalue weighted by molar-refractivity contribution is -0.386. The molecule has 1 aromatic carbocycles. The Hall–Kier alpha value is -2.63. The van der Waals surface area contributed by atoms with Gasteiger partial charge in [-0.25, -0.2) is 0 Å². The smallest absolute Gasteiger partial charge is 0.311 e. The Kier molecular flexibility index (Phi) is 3.84. The number of aromatic nitrogens is 1. The van der Waals surface area contributed by atoms with Crippen LogP contribution in [0.2, 0.25) is 0 Å². The summed E-state index contributed by atoms with van der Waals surface area (Å²) < 4.78 is 5.57. The molecule has 0 saturated heterocycles. The van der Waals surface area contributed by atoms with Gasteiger partial charge in [-0.3, -0.25) is 15.1 Å². The maximum Gasteiger partial charge on any atom is 0.311 e. The van der Waals surface area contributed by atoms with Crippen molar-refractivity contribution in [2.24, 2.45) is 0 Å². The molecule has 0 spiro atoms. The molecule has 2 N–H and O–H groups in total. The van der Waals surface area contributed by atoms with E-state index in [9.17, 15) is 10.1 Å². The first-order valence-corrected chi connectivity index (χ1v) is 6.06. The first-order chi connectivity index (χ1) is 9.47. The quantitative estimate of drug-likeness (QED) is 0.683. The fraction of sp³-hybridized carbons (Fsp3) is 0.214. The summed E-state index contributed by atoms with van der Waals surface area (Å²) in [5, 5.41) is 11.1. The Bertz CT molecular complexity index is 656. The van der Waals surface area contributed by atoms with E-state index in [0.717, 1.165) is 11.1 Å². The van der Waals surface area contributed by atoms with Gasteiger partial charge in [0.1, 0.15) is 6.61 Å². The monoisotopic (exact) mass is 273 g/mol. The van der Waals surface area contributed by atoms with Crippen molar-refractivity contribution >= 4 is 11.4 Å². The third-order valence-electron chi connectivity index (χ3n) is 2.80. The minimum Gasteiger partial charge on any atom is -0.480 e. The first-order valence-electron chi connectivity index (χ1n) is 6.06. The van der Waals surface area contributed by atoms with E-state index < -0.39 is 4.92 Å². The molecule has 104 valence electrons. The summed E-state index contributed by atoms with van der Waals surface area (Å²) in [6, 6.07) is 6.68. The third kappa shape index (κ3) is 3.03. The third-order valence-corrected chi connectivity index (χ3v) is 2.80. The molecule has 6 heteroatoms. The number of anilines is 1. The molecule has 0 saturated carbocycles. The molecule has 0 aliphatic carbocycles. The molecule has 0 amide bonds. The molecule has 20 heavy (non-hydrogen) atoms. The summed E-state index contributed by atoms with van der Waals surface area (Å²) in [6.45, 7) is 3.72. The molecule has 0 fully saturated rings. The average molecular weight is 273 g/mol. The zero-order chi connectivity index (χ0) is 14.7. The van der Waals surface area contributed by atoms with Gasteiger partial charge in [-0.05, 0) is 37.1 Å². The number of pyridine rings is 1. The van der Waals surface area contributed by atoms with Gasteiger partial charge in [0.15, 0.2) is 5.75 Å². The van der Waals surface area contributed by atoms with Crippen LogP contribution in [0.3, 0.4) is 0 Å². The van der Waals surface area contributed by atoms with Gasteiger partial charge in [0, 0.05) is 18.0 Å². The standard InChI is InChI=1S/C14H15N3O3/c1-9-5-10(2)14(13(6-9)17(18)19)20-8-12-7-11(15)3-4-16-12/h3-7H,8H2,1-2H3,(H2,15,16). The first kappa shape index (κ1) is 13.8. The van der Waals surface area contributed by atoms with Crippen molar-refractivity contribution in [2.75, 3.05) is 5.73 Å². The summed E-state index contributed by atoms with van der Waals surface area (Å²) in [5.74, 6) is 0.268. The second-order valence-corrected chi connectivity index (χ2v) is 4.56. The van der Waals surface area contributed by atoms with E-state index >= 15 is 0 Å². The number of hydrogen-bond acceptors (Lipinski definition) is 5. The Morgan fingerprint density at radius 1 is 1.35 bits per heavy atom. The van der Waals surface area contributed by atoms with E-state index in [1.165, 1.54) is 6.07 Å². The van der Waals surface area contributed by atoms with Crippen LogP contribution < -0.4 is 10.5 Å². The number of nitrogens with zero attached hydrogens (tertiary/aromatic N) is 2. The van der Waals surface area contributed by atoms with Crippen LogP contribution in [-0.2, 0) is 6.61 Å². The van der Waals surface area contributed by atoms with Crippen LogP contribution in [-0.4, -0.2) is 9.91 Å². The summed E-state index contributed by atoms with van der Waals surface area (Å²) >= 11 is 0. The average Bonchev–Trinajstić information content (AvgIpc) is 2.36. The SMILES string of the molecule is Cc1cc(C)c(OCc2cc(N)ccn2)c([N+](=O)[O-])c1. The Morgan fingerprint density at radius 2 is 2.10 bits per heavy atom. The molecule has 2 aromatic rings. The number of aryl methyl sites for hydroxylation is 2. The summed E-state index contributed by atoms with van der Waals surface area (Å²) in [4.78, 5) is 14.7. The summed E-state index contributed by atoms with van der Waals surface area (Å²) in [6.07, 6.45) is 1.57. The Balaban J connectivity index is 2.27. The number of nitro benzene ring substituents is 1. The summed E-state index contributed by atoms with van der Waals surface area (Å²) in [7, 11) is 0. The van der Waals surface area contributed by atoms with Gasteiger partial charge in [-0.2, -0.15) is 0 Å². The molecular weight excluding hydrogens is 258 g/mol. The van der Waals surface area contributed by atoms with Gasteiger partial charge < -0.3 is 10.5 Å². The van der Waals surface area contributed by atoms with E-state index in [2.05, 4.69) is 4.98 Å². The van der Waals surface area contributed by atoms with Gasteiger partial charge >= 0.3 is 5.69 Å². The van der Waals surface area contributed by atoms with Gasteiger partial charge in [0.05, 0.1) is 10.6 Å². The van der Waals surface area contributed by atoms with Crippen molar-refractivity contribution in [1.82, 2.24) is 4.98 Å². The van der Waals surface area contributed by atoms with E-state index in [0.29, 0.717) is 11.4 Å². The number of benzene rings is 1. The number of ether oxygens (including phenoxy) is 1. The summed E-state index contributed by atoms with van der Waals surface area (Å²) in [5.41, 5.74) is 8.36. The highest BCUT2D eigenvalue weighted by molar-refractivity contribution is 5.53. The molecule has 0 aliphatic rings. The van der Waals surface area contributed by atoms with Crippen LogP contribution in [0.25, 0.3) is 0 Å². The van der Waals surface area contributed by atoms with Gasteiger partial charge in [-0.1, -0.05) is 6.07 Å². The number of nitrogens with two attached hydrogens (primary N) is 1. The van der Waals surface area contributed by atoms with Crippen LogP contribution in [0.4, 0.5) is 11.4 Å². The number of nitrogen functional groups attached to an aromatic ring is 1. The zero-order valence-corrected chi connectivity index (χ0v) is 11.3. The number of hydrogen-bond donors (Lipinski definition) is 1. The van der Waals surface area contributed by atoms with E-state index in [4.69, 9.17) is 10.5 Å². The molecule has 2 rings (SSSR count). The van der Waals surface area contributed by atoms with Crippen molar-refractivity contribution in [2.45, 2.75) is 20.5 Å². The van der Waals surface area contributed by atoms with E-state index in [-0.39, 0.29) is 18.0 Å². The van der Waals surface area contributed by atoms with E-state index in [1.807, 2.05) is 13.0 Å². The number of rotatable bonds is 4. The molecule has 1 aromatic heterocycles. The molecule has 1 heterocycles. The van der Waals surface area contributed by atoms with Crippen LogP contribution in [0.1, 0.15) is 16.8 Å². The molecule has 0 bridgehead atoms. The second-order valence-electron chi connectivity index (χ2n) is 4.56. The second kappa shape index (κ2) is 5.56. The minimum absolute atomic E-state index is 0.0357. The van der Waals surface area contributed by atoms with Crippen LogP contribution >= 0.6 is 0 Å². The van der Waals surface area contributed by atoms with Gasteiger partial charge in [0.25, 0.3) is 0 Å². The topological polar surface area (TPSA) is 91.3 Å². The molecule has 6 nitrogen and oxygen atoms in total. The van der Waals surface area contributed by atoms with Crippen molar-refractivity contribution in [3.8, 4) is 5.75 Å². The maximum absolute atomic E-state index is 11.1. The molecule has 0 radical (unpaired) electrons. The Morgan fingerprint density at radius 3 is 2.75 bits per heavy atom. The highest BCUT2D eigenvalue weighted by Gasteiger charge is 2.18. The van der Waals surface area contributed by atoms with Crippen molar-refractivity contribution in [3.63, 3.8) is 0 Å². The normalized spacial score (nSPS) is 10.3. The predicted octanol–water partition coefficient (Wildman–Crippen LogP) is 2.77. The van der Waals surface area contributed by atoms with Crippen molar-refractivity contribution in [3.05, 3.63) is 57.4 Å². The molecule has 0 atom stereocenters.